The Morgan fingerprint density at radius 1 is 1.40 bits per heavy atom. The van der Waals surface area contributed by atoms with E-state index < -0.39 is 5.97 Å². The highest BCUT2D eigenvalue weighted by Crippen LogP contribution is 2.19. The van der Waals surface area contributed by atoms with Gasteiger partial charge in [-0.2, -0.15) is 0 Å². The Bertz CT molecular complexity index is 637. The topological polar surface area (TPSA) is 31.2 Å². The number of carbonyl (C=O) groups is 1. The lowest BCUT2D eigenvalue weighted by atomic mass is 10.2. The molecule has 0 N–H and O–H groups in total. The molecular weight excluding hydrogens is 281 g/mol. The van der Waals surface area contributed by atoms with Crippen LogP contribution in [0.4, 0.5) is 4.39 Å². The molecule has 0 saturated carbocycles. The van der Waals surface area contributed by atoms with Crippen molar-refractivity contribution < 1.29 is 13.9 Å². The Morgan fingerprint density at radius 2 is 2.15 bits per heavy atom. The van der Waals surface area contributed by atoms with Crippen LogP contribution in [-0.4, -0.2) is 17.1 Å². The molecule has 3 nitrogen and oxygen atoms in total. The highest BCUT2D eigenvalue weighted by Gasteiger charge is 2.16. The highest BCUT2D eigenvalue weighted by atomic mass is 35.5. The summed E-state index contributed by atoms with van der Waals surface area (Å²) in [7, 11) is 0. The molecule has 0 spiro atoms. The van der Waals surface area contributed by atoms with Crippen LogP contribution < -0.4 is 0 Å². The predicted octanol–water partition coefficient (Wildman–Crippen LogP) is 3.81. The summed E-state index contributed by atoms with van der Waals surface area (Å²) >= 11 is 5.87. The van der Waals surface area contributed by atoms with E-state index in [-0.39, 0.29) is 12.4 Å². The van der Waals surface area contributed by atoms with Crippen molar-refractivity contribution in [2.45, 2.75) is 20.4 Å². The summed E-state index contributed by atoms with van der Waals surface area (Å²) in [6.07, 6.45) is 1.74. The maximum Gasteiger partial charge on any atom is 0.355 e. The van der Waals surface area contributed by atoms with Gasteiger partial charge < -0.3 is 9.30 Å². The second-order valence-corrected chi connectivity index (χ2v) is 4.87. The van der Waals surface area contributed by atoms with Crippen molar-refractivity contribution in [1.29, 1.82) is 0 Å². The summed E-state index contributed by atoms with van der Waals surface area (Å²) in [6, 6.07) is 6.17. The molecule has 106 valence electrons. The third kappa shape index (κ3) is 3.02. The molecule has 0 radical (unpaired) electrons. The Kier molecular flexibility index (Phi) is 4.45. The van der Waals surface area contributed by atoms with Crippen LogP contribution in [0.2, 0.25) is 5.02 Å². The van der Waals surface area contributed by atoms with Gasteiger partial charge in [-0.05, 0) is 43.7 Å². The summed E-state index contributed by atoms with van der Waals surface area (Å²) in [4.78, 5) is 11.9. The van der Waals surface area contributed by atoms with Crippen molar-refractivity contribution in [3.63, 3.8) is 0 Å². The van der Waals surface area contributed by atoms with Gasteiger partial charge in [-0.15, -0.1) is 0 Å². The molecule has 1 heterocycles. The smallest absolute Gasteiger partial charge is 0.355 e. The van der Waals surface area contributed by atoms with Crippen LogP contribution in [0.5, 0.6) is 0 Å². The van der Waals surface area contributed by atoms with Gasteiger partial charge in [0.05, 0.1) is 13.2 Å². The van der Waals surface area contributed by atoms with Crippen LogP contribution >= 0.6 is 11.6 Å². The Hall–Kier alpha value is -1.81. The van der Waals surface area contributed by atoms with E-state index in [1.165, 1.54) is 12.1 Å². The number of esters is 1. The molecule has 1 aromatic heterocycles. The highest BCUT2D eigenvalue weighted by molar-refractivity contribution is 6.30. The van der Waals surface area contributed by atoms with E-state index in [0.717, 1.165) is 5.56 Å². The standard InChI is InChI=1S/C15H15ClFNO2/c1-3-20-15(19)14-10(2)6-7-18(14)9-11-8-12(16)4-5-13(11)17/h4-8H,3,9H2,1-2H3. The Morgan fingerprint density at radius 3 is 2.85 bits per heavy atom. The van der Waals surface area contributed by atoms with Crippen LogP contribution in [0.3, 0.4) is 0 Å². The van der Waals surface area contributed by atoms with Crippen molar-refractivity contribution in [3.05, 3.63) is 58.1 Å². The van der Waals surface area contributed by atoms with E-state index in [0.29, 0.717) is 22.9 Å². The summed E-state index contributed by atoms with van der Waals surface area (Å²) in [5.41, 5.74) is 1.66. The van der Waals surface area contributed by atoms with Crippen molar-refractivity contribution in [3.8, 4) is 0 Å². The molecule has 0 saturated heterocycles. The molecule has 1 aromatic carbocycles. The van der Waals surface area contributed by atoms with Crippen LogP contribution in [0, 0.1) is 12.7 Å². The number of ether oxygens (including phenoxy) is 1. The number of aryl methyl sites for hydroxylation is 1. The zero-order valence-electron chi connectivity index (χ0n) is 11.3. The molecule has 2 aromatic rings. The first-order valence-corrected chi connectivity index (χ1v) is 6.67. The Balaban J connectivity index is 2.34. The Labute approximate surface area is 121 Å². The summed E-state index contributed by atoms with van der Waals surface area (Å²) in [5, 5.41) is 0.461. The third-order valence-corrected chi connectivity index (χ3v) is 3.22. The van der Waals surface area contributed by atoms with Crippen LogP contribution in [-0.2, 0) is 11.3 Å². The van der Waals surface area contributed by atoms with E-state index >= 15 is 0 Å². The molecule has 0 atom stereocenters. The molecule has 0 aliphatic carbocycles. The molecule has 0 aliphatic rings. The van der Waals surface area contributed by atoms with Gasteiger partial charge in [-0.25, -0.2) is 9.18 Å². The minimum absolute atomic E-state index is 0.231. The molecule has 5 heteroatoms. The van der Waals surface area contributed by atoms with Crippen LogP contribution in [0.1, 0.15) is 28.5 Å². The second-order valence-electron chi connectivity index (χ2n) is 4.43. The molecule has 2 rings (SSSR count). The van der Waals surface area contributed by atoms with E-state index in [4.69, 9.17) is 16.3 Å². The summed E-state index contributed by atoms with van der Waals surface area (Å²) < 4.78 is 20.4. The number of hydrogen-bond donors (Lipinski definition) is 0. The van der Waals surface area contributed by atoms with Crippen molar-refractivity contribution in [1.82, 2.24) is 4.57 Å². The SMILES string of the molecule is CCOC(=O)c1c(C)ccn1Cc1cc(Cl)ccc1F. The fourth-order valence-electron chi connectivity index (χ4n) is 2.04. The van der Waals surface area contributed by atoms with Gasteiger partial charge in [0, 0.05) is 16.8 Å². The number of nitrogens with zero attached hydrogens (tertiary/aromatic N) is 1. The van der Waals surface area contributed by atoms with E-state index in [9.17, 15) is 9.18 Å². The van der Waals surface area contributed by atoms with E-state index in [1.54, 1.807) is 29.8 Å². The molecule has 0 aliphatic heterocycles. The van der Waals surface area contributed by atoms with Gasteiger partial charge in [0.1, 0.15) is 11.5 Å². The summed E-state index contributed by atoms with van der Waals surface area (Å²) in [6.45, 7) is 4.09. The number of halogens is 2. The number of hydrogen-bond acceptors (Lipinski definition) is 2. The van der Waals surface area contributed by atoms with Gasteiger partial charge in [0.25, 0.3) is 0 Å². The third-order valence-electron chi connectivity index (χ3n) is 2.98. The maximum atomic E-state index is 13.8. The molecule has 20 heavy (non-hydrogen) atoms. The van der Waals surface area contributed by atoms with Gasteiger partial charge in [-0.3, -0.25) is 0 Å². The lowest BCUT2D eigenvalue weighted by Crippen LogP contribution is -2.14. The zero-order valence-corrected chi connectivity index (χ0v) is 12.1. The quantitative estimate of drug-likeness (QED) is 0.803. The minimum atomic E-state index is -0.405. The molecule has 0 unspecified atom stereocenters. The molecule has 0 amide bonds. The van der Waals surface area contributed by atoms with Crippen molar-refractivity contribution >= 4 is 17.6 Å². The van der Waals surface area contributed by atoms with Crippen molar-refractivity contribution in [2.24, 2.45) is 0 Å². The van der Waals surface area contributed by atoms with Crippen molar-refractivity contribution in [2.75, 3.05) is 6.61 Å². The van der Waals surface area contributed by atoms with Gasteiger partial charge in [0.15, 0.2) is 0 Å². The normalized spacial score (nSPS) is 10.6. The zero-order chi connectivity index (χ0) is 14.7. The number of carbonyl (C=O) groups excluding carboxylic acids is 1. The molecule has 0 bridgehead atoms. The van der Waals surface area contributed by atoms with E-state index in [2.05, 4.69) is 0 Å². The lowest BCUT2D eigenvalue weighted by molar-refractivity contribution is 0.0513. The first-order chi connectivity index (χ1) is 9.52. The van der Waals surface area contributed by atoms with Gasteiger partial charge in [-0.1, -0.05) is 11.6 Å². The molecule has 0 fully saturated rings. The average Bonchev–Trinajstić information content (AvgIpc) is 2.75. The monoisotopic (exact) mass is 295 g/mol. The number of aromatic nitrogens is 1. The lowest BCUT2D eigenvalue weighted by Gasteiger charge is -2.10. The first-order valence-electron chi connectivity index (χ1n) is 6.29. The van der Waals surface area contributed by atoms with Crippen LogP contribution in [0.15, 0.2) is 30.5 Å². The number of benzene rings is 1. The summed E-state index contributed by atoms with van der Waals surface area (Å²) in [5.74, 6) is -0.756. The minimum Gasteiger partial charge on any atom is -0.461 e. The van der Waals surface area contributed by atoms with Crippen LogP contribution in [0.25, 0.3) is 0 Å². The predicted molar refractivity (Wildman–Crippen MR) is 75.6 cm³/mol. The second kappa shape index (κ2) is 6.09. The first kappa shape index (κ1) is 14.6. The fourth-order valence-corrected chi connectivity index (χ4v) is 2.23. The fraction of sp³-hybridized carbons (Fsp3) is 0.267. The van der Waals surface area contributed by atoms with Gasteiger partial charge in [0.2, 0.25) is 0 Å². The molecular formula is C15H15ClFNO2. The number of rotatable bonds is 4. The maximum absolute atomic E-state index is 13.8. The average molecular weight is 296 g/mol. The van der Waals surface area contributed by atoms with Gasteiger partial charge >= 0.3 is 5.97 Å². The van der Waals surface area contributed by atoms with E-state index in [1.807, 2.05) is 6.92 Å². The largest absolute Gasteiger partial charge is 0.461 e.